The average Bonchev–Trinajstić information content (AvgIpc) is 3.14. The standard InChI is InChI=1S/C26H31FN6O3/c1-6-25(2,3)22(34)29-17-8-10-21-20(14-17)30-23(33(21)12-11-26(4,5)36)32-24(35)31-19-9-7-16(15-28)13-18(19)27/h7-10,13-14,36H,6,11-12H2,1-5H3,(H,29,34)(H2,30,31,32,35). The molecule has 0 saturated carbocycles. The quantitative estimate of drug-likeness (QED) is 0.341. The van der Waals surface area contributed by atoms with Gasteiger partial charge in [0.15, 0.2) is 0 Å². The lowest BCUT2D eigenvalue weighted by atomic mass is 9.89. The summed E-state index contributed by atoms with van der Waals surface area (Å²) in [4.78, 5) is 29.8. The van der Waals surface area contributed by atoms with E-state index < -0.39 is 22.9 Å². The van der Waals surface area contributed by atoms with Crippen molar-refractivity contribution in [3.8, 4) is 6.07 Å². The number of aromatic nitrogens is 2. The van der Waals surface area contributed by atoms with Gasteiger partial charge in [0.25, 0.3) is 0 Å². The van der Waals surface area contributed by atoms with E-state index in [1.165, 1.54) is 12.1 Å². The summed E-state index contributed by atoms with van der Waals surface area (Å²) >= 11 is 0. The van der Waals surface area contributed by atoms with Crippen LogP contribution in [0.25, 0.3) is 11.0 Å². The first-order valence-corrected chi connectivity index (χ1v) is 11.6. The highest BCUT2D eigenvalue weighted by Crippen LogP contribution is 2.27. The smallest absolute Gasteiger partial charge is 0.326 e. The van der Waals surface area contributed by atoms with Crippen LogP contribution in [0.15, 0.2) is 36.4 Å². The minimum absolute atomic E-state index is 0.0887. The minimum atomic E-state index is -0.957. The van der Waals surface area contributed by atoms with Crippen molar-refractivity contribution < 1.29 is 19.1 Å². The molecular formula is C26H31FN6O3. The molecule has 2 aromatic carbocycles. The van der Waals surface area contributed by atoms with Crippen LogP contribution in [0, 0.1) is 22.6 Å². The number of benzene rings is 2. The predicted molar refractivity (Wildman–Crippen MR) is 137 cm³/mol. The van der Waals surface area contributed by atoms with E-state index in [1.807, 2.05) is 26.8 Å². The van der Waals surface area contributed by atoms with Crippen LogP contribution in [-0.4, -0.2) is 32.2 Å². The number of fused-ring (bicyclic) bond motifs is 1. The fraction of sp³-hybridized carbons (Fsp3) is 0.385. The second-order valence-corrected chi connectivity index (χ2v) is 9.93. The Morgan fingerprint density at radius 3 is 2.44 bits per heavy atom. The molecule has 0 aliphatic rings. The number of nitriles is 1. The van der Waals surface area contributed by atoms with Crippen LogP contribution in [0.5, 0.6) is 0 Å². The molecule has 10 heteroatoms. The number of anilines is 3. The van der Waals surface area contributed by atoms with Gasteiger partial charge in [0.2, 0.25) is 11.9 Å². The van der Waals surface area contributed by atoms with Crippen LogP contribution in [0.4, 0.5) is 26.5 Å². The van der Waals surface area contributed by atoms with Crippen LogP contribution in [-0.2, 0) is 11.3 Å². The maximum Gasteiger partial charge on any atom is 0.326 e. The normalized spacial score (nSPS) is 11.7. The number of aryl methyl sites for hydroxylation is 1. The molecule has 0 atom stereocenters. The van der Waals surface area contributed by atoms with Crippen molar-refractivity contribution in [1.82, 2.24) is 9.55 Å². The predicted octanol–water partition coefficient (Wildman–Crippen LogP) is 5.23. The Bertz CT molecular complexity index is 1330. The first-order valence-electron chi connectivity index (χ1n) is 11.6. The van der Waals surface area contributed by atoms with Gasteiger partial charge in [0.05, 0.1) is 34.0 Å². The van der Waals surface area contributed by atoms with Crippen molar-refractivity contribution in [2.24, 2.45) is 5.41 Å². The highest BCUT2D eigenvalue weighted by atomic mass is 19.1. The zero-order chi connectivity index (χ0) is 26.7. The first-order chi connectivity index (χ1) is 16.8. The molecule has 3 aromatic rings. The van der Waals surface area contributed by atoms with Crippen LogP contribution in [0.1, 0.15) is 53.0 Å². The summed E-state index contributed by atoms with van der Waals surface area (Å²) in [6.07, 6.45) is 1.05. The van der Waals surface area contributed by atoms with E-state index in [4.69, 9.17) is 5.26 Å². The summed E-state index contributed by atoms with van der Waals surface area (Å²) in [6.45, 7) is 9.38. The number of hydrogen-bond acceptors (Lipinski definition) is 5. The molecule has 0 saturated heterocycles. The van der Waals surface area contributed by atoms with Gasteiger partial charge in [-0.3, -0.25) is 10.1 Å². The molecule has 3 rings (SSSR count). The summed E-state index contributed by atoms with van der Waals surface area (Å²) in [5, 5.41) is 27.1. The van der Waals surface area contributed by atoms with E-state index in [9.17, 15) is 19.1 Å². The molecule has 0 radical (unpaired) electrons. The van der Waals surface area contributed by atoms with Gasteiger partial charge >= 0.3 is 6.03 Å². The van der Waals surface area contributed by atoms with E-state index in [-0.39, 0.29) is 23.1 Å². The molecule has 1 heterocycles. The molecule has 0 fully saturated rings. The molecule has 190 valence electrons. The number of carbonyl (C=O) groups is 2. The fourth-order valence-corrected chi connectivity index (χ4v) is 3.32. The zero-order valence-corrected chi connectivity index (χ0v) is 21.1. The summed E-state index contributed by atoms with van der Waals surface area (Å²) in [5.41, 5.74) is 0.334. The molecule has 0 aliphatic carbocycles. The van der Waals surface area contributed by atoms with Crippen molar-refractivity contribution >= 4 is 40.3 Å². The lowest BCUT2D eigenvalue weighted by molar-refractivity contribution is -0.124. The van der Waals surface area contributed by atoms with Gasteiger partial charge in [0.1, 0.15) is 5.82 Å². The van der Waals surface area contributed by atoms with Gasteiger partial charge in [-0.05, 0) is 63.1 Å². The number of nitrogens with zero attached hydrogens (tertiary/aromatic N) is 3. The maximum atomic E-state index is 14.2. The summed E-state index contributed by atoms with van der Waals surface area (Å²) in [5.74, 6) is -0.665. The fourth-order valence-electron chi connectivity index (χ4n) is 3.32. The molecule has 0 spiro atoms. The number of imidazole rings is 1. The largest absolute Gasteiger partial charge is 0.390 e. The SMILES string of the molecule is CCC(C)(C)C(=O)Nc1ccc2c(c1)nc(NC(=O)Nc1ccc(C#N)cc1F)n2CCC(C)(C)O. The number of nitrogens with one attached hydrogen (secondary N) is 3. The van der Waals surface area contributed by atoms with E-state index in [0.717, 1.165) is 6.07 Å². The third-order valence-electron chi connectivity index (χ3n) is 6.02. The van der Waals surface area contributed by atoms with E-state index in [1.54, 1.807) is 36.6 Å². The Balaban J connectivity index is 1.90. The van der Waals surface area contributed by atoms with Crippen LogP contribution in [0.2, 0.25) is 0 Å². The third kappa shape index (κ3) is 6.37. The molecule has 0 unspecified atom stereocenters. The highest BCUT2D eigenvalue weighted by Gasteiger charge is 2.25. The number of aliphatic hydroxyl groups is 1. The Morgan fingerprint density at radius 2 is 1.83 bits per heavy atom. The molecule has 3 amide bonds. The van der Waals surface area contributed by atoms with Crippen molar-refractivity contribution in [2.75, 3.05) is 16.0 Å². The first kappa shape index (κ1) is 26.6. The summed E-state index contributed by atoms with van der Waals surface area (Å²) < 4.78 is 16.0. The molecule has 1 aromatic heterocycles. The maximum absolute atomic E-state index is 14.2. The average molecular weight is 495 g/mol. The van der Waals surface area contributed by atoms with Crippen molar-refractivity contribution in [2.45, 2.75) is 59.6 Å². The van der Waals surface area contributed by atoms with Crippen molar-refractivity contribution in [3.63, 3.8) is 0 Å². The number of amides is 3. The summed E-state index contributed by atoms with van der Waals surface area (Å²) in [7, 11) is 0. The third-order valence-corrected chi connectivity index (χ3v) is 6.02. The Labute approximate surface area is 209 Å². The number of hydrogen-bond donors (Lipinski definition) is 4. The van der Waals surface area contributed by atoms with E-state index >= 15 is 0 Å². The van der Waals surface area contributed by atoms with Gasteiger partial charge in [-0.25, -0.2) is 14.2 Å². The van der Waals surface area contributed by atoms with Crippen LogP contribution < -0.4 is 16.0 Å². The second kappa shape index (κ2) is 10.3. The number of rotatable bonds is 8. The Kier molecular flexibility index (Phi) is 7.65. The van der Waals surface area contributed by atoms with Gasteiger partial charge in [0, 0.05) is 17.6 Å². The molecule has 4 N–H and O–H groups in total. The van der Waals surface area contributed by atoms with Crippen molar-refractivity contribution in [1.29, 1.82) is 5.26 Å². The van der Waals surface area contributed by atoms with Gasteiger partial charge in [-0.1, -0.05) is 20.8 Å². The van der Waals surface area contributed by atoms with E-state index in [0.29, 0.717) is 36.1 Å². The number of urea groups is 1. The monoisotopic (exact) mass is 494 g/mol. The zero-order valence-electron chi connectivity index (χ0n) is 21.1. The van der Waals surface area contributed by atoms with Crippen LogP contribution in [0.3, 0.4) is 0 Å². The lowest BCUT2D eigenvalue weighted by Crippen LogP contribution is -2.29. The lowest BCUT2D eigenvalue weighted by Gasteiger charge is -2.21. The Morgan fingerprint density at radius 1 is 1.11 bits per heavy atom. The van der Waals surface area contributed by atoms with E-state index in [2.05, 4.69) is 20.9 Å². The van der Waals surface area contributed by atoms with Crippen LogP contribution >= 0.6 is 0 Å². The molecule has 36 heavy (non-hydrogen) atoms. The van der Waals surface area contributed by atoms with Gasteiger partial charge < -0.3 is 20.3 Å². The summed E-state index contributed by atoms with van der Waals surface area (Å²) in [6, 6.07) is 10.1. The highest BCUT2D eigenvalue weighted by molar-refractivity contribution is 6.00. The molecule has 0 aliphatic heterocycles. The topological polar surface area (TPSA) is 132 Å². The minimum Gasteiger partial charge on any atom is -0.390 e. The second-order valence-electron chi connectivity index (χ2n) is 9.93. The number of carbonyl (C=O) groups excluding carboxylic acids is 2. The van der Waals surface area contributed by atoms with Crippen molar-refractivity contribution in [3.05, 3.63) is 47.8 Å². The van der Waals surface area contributed by atoms with Gasteiger partial charge in [-0.2, -0.15) is 5.26 Å². The van der Waals surface area contributed by atoms with Gasteiger partial charge in [-0.15, -0.1) is 0 Å². The molecule has 0 bridgehead atoms. The number of halogens is 1. The Hall–Kier alpha value is -3.97. The molecule has 9 nitrogen and oxygen atoms in total. The molecular weight excluding hydrogens is 463 g/mol.